The SMILES string of the molecule is CCCCCCCN1C(=O)/C(=C\c2c(C)c(C#N)c(=O)n(CCC)c2N2CCC(C)CC2)SC1=S. The van der Waals surface area contributed by atoms with Crippen LogP contribution in [-0.2, 0) is 11.3 Å². The molecule has 0 spiro atoms. The fourth-order valence-electron chi connectivity index (χ4n) is 4.83. The monoisotopic (exact) mass is 514 g/mol. The van der Waals surface area contributed by atoms with Gasteiger partial charge in [0.15, 0.2) is 0 Å². The van der Waals surface area contributed by atoms with Gasteiger partial charge in [0.05, 0.1) is 4.91 Å². The van der Waals surface area contributed by atoms with Gasteiger partial charge in [-0.1, -0.05) is 70.4 Å². The second-order valence-electron chi connectivity index (χ2n) is 9.72. The van der Waals surface area contributed by atoms with E-state index in [1.807, 2.05) is 19.9 Å². The lowest BCUT2D eigenvalue weighted by atomic mass is 9.97. The highest BCUT2D eigenvalue weighted by atomic mass is 32.2. The third-order valence-electron chi connectivity index (χ3n) is 7.01. The van der Waals surface area contributed by atoms with E-state index in [4.69, 9.17) is 12.2 Å². The Kier molecular flexibility index (Phi) is 9.99. The topological polar surface area (TPSA) is 69.3 Å². The number of nitrogens with zero attached hydrogens (tertiary/aromatic N) is 4. The van der Waals surface area contributed by atoms with E-state index in [2.05, 4.69) is 24.8 Å². The number of piperidine rings is 1. The Bertz CT molecular complexity index is 1080. The van der Waals surface area contributed by atoms with Crippen molar-refractivity contribution >= 4 is 46.1 Å². The normalized spacial score (nSPS) is 18.1. The second-order valence-corrected chi connectivity index (χ2v) is 11.4. The van der Waals surface area contributed by atoms with E-state index in [1.54, 1.807) is 9.47 Å². The maximum atomic E-state index is 13.3. The molecule has 0 unspecified atom stereocenters. The number of rotatable bonds is 10. The number of hydrogen-bond donors (Lipinski definition) is 0. The van der Waals surface area contributed by atoms with Crippen LogP contribution >= 0.6 is 24.0 Å². The molecule has 8 heteroatoms. The Morgan fingerprint density at radius 2 is 1.77 bits per heavy atom. The molecule has 2 aliphatic rings. The van der Waals surface area contributed by atoms with Gasteiger partial charge in [-0.15, -0.1) is 0 Å². The van der Waals surface area contributed by atoms with Crippen molar-refractivity contribution < 1.29 is 4.79 Å². The highest BCUT2D eigenvalue weighted by Gasteiger charge is 2.33. The standard InChI is InChI=1S/C27H38N4O2S2/c1-5-7-8-9-10-14-31-26(33)23(35-27(31)34)17-21-20(4)22(18-28)25(32)30(13-6-2)24(21)29-15-11-19(3)12-16-29/h17,19H,5-16H2,1-4H3/b23-17+. The molecular formula is C27H38N4O2S2. The quantitative estimate of drug-likeness (QED) is 0.222. The Hall–Kier alpha value is -2.11. The number of thiocarbonyl (C=S) groups is 1. The molecule has 0 N–H and O–H groups in total. The summed E-state index contributed by atoms with van der Waals surface area (Å²) < 4.78 is 2.34. The van der Waals surface area contributed by atoms with Gasteiger partial charge < -0.3 is 4.90 Å². The van der Waals surface area contributed by atoms with Crippen LogP contribution < -0.4 is 10.5 Å². The van der Waals surface area contributed by atoms with Crippen LogP contribution in [0.2, 0.25) is 0 Å². The smallest absolute Gasteiger partial charge is 0.270 e. The minimum Gasteiger partial charge on any atom is -0.357 e. The number of nitriles is 1. The van der Waals surface area contributed by atoms with Crippen molar-refractivity contribution in [2.24, 2.45) is 5.92 Å². The maximum absolute atomic E-state index is 13.3. The van der Waals surface area contributed by atoms with Crippen molar-refractivity contribution in [2.45, 2.75) is 85.6 Å². The number of pyridine rings is 1. The fourth-order valence-corrected chi connectivity index (χ4v) is 6.12. The van der Waals surface area contributed by atoms with E-state index < -0.39 is 0 Å². The van der Waals surface area contributed by atoms with Gasteiger partial charge in [-0.25, -0.2) is 0 Å². The molecule has 0 bridgehead atoms. The summed E-state index contributed by atoms with van der Waals surface area (Å²) >= 11 is 6.89. The molecule has 6 nitrogen and oxygen atoms in total. The lowest BCUT2D eigenvalue weighted by Gasteiger charge is -2.35. The Morgan fingerprint density at radius 1 is 1.09 bits per heavy atom. The second kappa shape index (κ2) is 12.7. The van der Waals surface area contributed by atoms with E-state index in [0.29, 0.717) is 33.8 Å². The summed E-state index contributed by atoms with van der Waals surface area (Å²) in [7, 11) is 0. The number of carbonyl (C=O) groups is 1. The molecule has 3 heterocycles. The van der Waals surface area contributed by atoms with Crippen LogP contribution in [-0.4, -0.2) is 39.3 Å². The molecule has 0 aliphatic carbocycles. The van der Waals surface area contributed by atoms with E-state index >= 15 is 0 Å². The number of hydrogen-bond acceptors (Lipinski definition) is 6. The molecule has 1 amide bonds. The average Bonchev–Trinajstić information content (AvgIpc) is 3.10. The predicted octanol–water partition coefficient (Wildman–Crippen LogP) is 5.85. The van der Waals surface area contributed by atoms with Crippen LogP contribution in [0.3, 0.4) is 0 Å². The molecule has 1 aromatic rings. The lowest BCUT2D eigenvalue weighted by Crippen LogP contribution is -2.39. The summed E-state index contributed by atoms with van der Waals surface area (Å²) in [4.78, 5) is 31.2. The van der Waals surface area contributed by atoms with Gasteiger partial charge in [0.2, 0.25) is 0 Å². The van der Waals surface area contributed by atoms with Crippen molar-refractivity contribution in [3.63, 3.8) is 0 Å². The molecule has 2 fully saturated rings. The summed E-state index contributed by atoms with van der Waals surface area (Å²) in [6.07, 6.45) is 10.4. The summed E-state index contributed by atoms with van der Waals surface area (Å²) in [6, 6.07) is 2.13. The van der Waals surface area contributed by atoms with E-state index in [-0.39, 0.29) is 17.0 Å². The lowest BCUT2D eigenvalue weighted by molar-refractivity contribution is -0.122. The first kappa shape index (κ1) is 27.5. The van der Waals surface area contributed by atoms with E-state index in [0.717, 1.165) is 56.6 Å². The first-order valence-electron chi connectivity index (χ1n) is 13.0. The van der Waals surface area contributed by atoms with Gasteiger partial charge in [-0.3, -0.25) is 19.1 Å². The van der Waals surface area contributed by atoms with Crippen LogP contribution in [0.4, 0.5) is 5.82 Å². The summed E-state index contributed by atoms with van der Waals surface area (Å²) in [5.41, 5.74) is 1.36. The number of unbranched alkanes of at least 4 members (excludes halogenated alkanes) is 4. The van der Waals surface area contributed by atoms with Gasteiger partial charge in [0.25, 0.3) is 11.5 Å². The fraction of sp³-hybridized carbons (Fsp3) is 0.630. The molecular weight excluding hydrogens is 476 g/mol. The van der Waals surface area contributed by atoms with E-state index in [1.165, 1.54) is 31.0 Å². The number of aromatic nitrogens is 1. The molecule has 3 rings (SSSR count). The summed E-state index contributed by atoms with van der Waals surface area (Å²) in [5.74, 6) is 1.42. The molecule has 190 valence electrons. The molecule has 2 saturated heterocycles. The van der Waals surface area contributed by atoms with Crippen LogP contribution in [0.25, 0.3) is 6.08 Å². The molecule has 1 aromatic heterocycles. The van der Waals surface area contributed by atoms with Crippen molar-refractivity contribution in [2.75, 3.05) is 24.5 Å². The van der Waals surface area contributed by atoms with Crippen LogP contribution in [0.5, 0.6) is 0 Å². The van der Waals surface area contributed by atoms with Gasteiger partial charge >= 0.3 is 0 Å². The third-order valence-corrected chi connectivity index (χ3v) is 8.39. The van der Waals surface area contributed by atoms with Crippen molar-refractivity contribution in [3.8, 4) is 6.07 Å². The zero-order valence-electron chi connectivity index (χ0n) is 21.6. The number of thioether (sulfide) groups is 1. The number of amides is 1. The first-order chi connectivity index (χ1) is 16.8. The molecule has 35 heavy (non-hydrogen) atoms. The first-order valence-corrected chi connectivity index (χ1v) is 14.2. The minimum atomic E-state index is -0.239. The van der Waals surface area contributed by atoms with Gasteiger partial charge in [-0.2, -0.15) is 5.26 Å². The Balaban J connectivity index is 2.02. The zero-order valence-corrected chi connectivity index (χ0v) is 23.2. The van der Waals surface area contributed by atoms with Gasteiger partial charge in [-0.05, 0) is 50.2 Å². The Labute approximate surface area is 219 Å². The van der Waals surface area contributed by atoms with Crippen LogP contribution in [0.15, 0.2) is 9.70 Å². The molecule has 0 aromatic carbocycles. The molecule has 2 aliphatic heterocycles. The summed E-state index contributed by atoms with van der Waals surface area (Å²) in [5, 5.41) is 9.81. The third kappa shape index (κ3) is 6.18. The van der Waals surface area contributed by atoms with Crippen molar-refractivity contribution in [1.29, 1.82) is 5.26 Å². The summed E-state index contributed by atoms with van der Waals surface area (Å²) in [6.45, 7) is 11.2. The van der Waals surface area contributed by atoms with Crippen LogP contribution in [0, 0.1) is 24.2 Å². The molecule has 0 atom stereocenters. The zero-order chi connectivity index (χ0) is 25.5. The molecule has 0 saturated carbocycles. The van der Waals surface area contributed by atoms with E-state index in [9.17, 15) is 14.9 Å². The van der Waals surface area contributed by atoms with Crippen LogP contribution in [0.1, 0.15) is 88.8 Å². The predicted molar refractivity (Wildman–Crippen MR) is 150 cm³/mol. The number of carbonyl (C=O) groups excluding carboxylic acids is 1. The molecule has 0 radical (unpaired) electrons. The van der Waals surface area contributed by atoms with Crippen molar-refractivity contribution in [3.05, 3.63) is 31.9 Å². The van der Waals surface area contributed by atoms with Gasteiger partial charge in [0, 0.05) is 31.7 Å². The minimum absolute atomic E-state index is 0.0696. The number of anilines is 1. The average molecular weight is 515 g/mol. The Morgan fingerprint density at radius 3 is 2.40 bits per heavy atom. The van der Waals surface area contributed by atoms with Gasteiger partial charge in [0.1, 0.15) is 21.8 Å². The van der Waals surface area contributed by atoms with Crippen molar-refractivity contribution in [1.82, 2.24) is 9.47 Å². The largest absolute Gasteiger partial charge is 0.357 e. The highest BCUT2D eigenvalue weighted by molar-refractivity contribution is 8.26. The maximum Gasteiger partial charge on any atom is 0.270 e. The highest BCUT2D eigenvalue weighted by Crippen LogP contribution is 2.37.